The SMILES string of the molecule is CCNC(=NCc1ccccc1OC(C)(C)C)N1CCN(Cc2ccon2)CC1.I. The van der Waals surface area contributed by atoms with Gasteiger partial charge in [-0.15, -0.1) is 24.0 Å². The van der Waals surface area contributed by atoms with Crippen LogP contribution in [0.2, 0.25) is 0 Å². The normalized spacial score (nSPS) is 15.6. The summed E-state index contributed by atoms with van der Waals surface area (Å²) in [4.78, 5) is 9.63. The molecule has 1 aromatic carbocycles. The molecule has 1 aliphatic heterocycles. The van der Waals surface area contributed by atoms with Crippen molar-refractivity contribution in [2.75, 3.05) is 32.7 Å². The number of hydrogen-bond donors (Lipinski definition) is 1. The third-order valence-corrected chi connectivity index (χ3v) is 4.67. The van der Waals surface area contributed by atoms with Crippen molar-refractivity contribution >= 4 is 29.9 Å². The molecule has 166 valence electrons. The van der Waals surface area contributed by atoms with Crippen LogP contribution in [0.25, 0.3) is 0 Å². The topological polar surface area (TPSA) is 66.1 Å². The van der Waals surface area contributed by atoms with Gasteiger partial charge in [-0.1, -0.05) is 23.4 Å². The van der Waals surface area contributed by atoms with Crippen LogP contribution in [0.1, 0.15) is 39.0 Å². The standard InChI is InChI=1S/C22H33N5O2.HI/c1-5-23-21(24-16-18-8-6-7-9-20(18)29-22(2,3)4)27-13-11-26(12-14-27)17-19-10-15-28-25-19;/h6-10,15H,5,11-14,16-17H2,1-4H3,(H,23,24);1H. The fraction of sp³-hybridized carbons (Fsp3) is 0.545. The molecule has 0 saturated carbocycles. The van der Waals surface area contributed by atoms with E-state index >= 15 is 0 Å². The minimum atomic E-state index is -0.232. The highest BCUT2D eigenvalue weighted by Gasteiger charge is 2.20. The molecule has 0 radical (unpaired) electrons. The summed E-state index contributed by atoms with van der Waals surface area (Å²) in [6.07, 6.45) is 1.63. The zero-order valence-corrected chi connectivity index (χ0v) is 20.8. The van der Waals surface area contributed by atoms with Gasteiger partial charge in [0.1, 0.15) is 17.6 Å². The maximum atomic E-state index is 6.11. The Morgan fingerprint density at radius 3 is 2.53 bits per heavy atom. The Kier molecular flexibility index (Phi) is 9.41. The lowest BCUT2D eigenvalue weighted by molar-refractivity contribution is 0.129. The van der Waals surface area contributed by atoms with Crippen molar-refractivity contribution in [3.63, 3.8) is 0 Å². The summed E-state index contributed by atoms with van der Waals surface area (Å²) >= 11 is 0. The number of nitrogens with one attached hydrogen (secondary N) is 1. The van der Waals surface area contributed by atoms with Gasteiger partial charge in [-0.2, -0.15) is 0 Å². The molecule has 1 aliphatic rings. The van der Waals surface area contributed by atoms with Crippen molar-refractivity contribution in [1.82, 2.24) is 20.3 Å². The Hall–Kier alpha value is -1.81. The lowest BCUT2D eigenvalue weighted by atomic mass is 10.1. The van der Waals surface area contributed by atoms with E-state index in [1.807, 2.05) is 24.3 Å². The van der Waals surface area contributed by atoms with E-state index in [-0.39, 0.29) is 29.6 Å². The number of para-hydroxylation sites is 1. The van der Waals surface area contributed by atoms with Crippen molar-refractivity contribution in [3.8, 4) is 5.75 Å². The number of guanidine groups is 1. The number of halogens is 1. The van der Waals surface area contributed by atoms with E-state index < -0.39 is 0 Å². The lowest BCUT2D eigenvalue weighted by Crippen LogP contribution is -2.52. The quantitative estimate of drug-likeness (QED) is 0.351. The highest BCUT2D eigenvalue weighted by atomic mass is 127. The van der Waals surface area contributed by atoms with Gasteiger partial charge in [0.2, 0.25) is 0 Å². The first-order valence-electron chi connectivity index (χ1n) is 10.4. The van der Waals surface area contributed by atoms with Crippen molar-refractivity contribution in [3.05, 3.63) is 47.9 Å². The Bertz CT molecular complexity index is 781. The van der Waals surface area contributed by atoms with Crippen LogP contribution in [-0.4, -0.2) is 59.2 Å². The van der Waals surface area contributed by atoms with E-state index in [1.165, 1.54) is 0 Å². The van der Waals surface area contributed by atoms with Crippen LogP contribution >= 0.6 is 24.0 Å². The molecule has 7 nitrogen and oxygen atoms in total. The molecular formula is C22H34IN5O2. The molecule has 0 unspecified atom stereocenters. The van der Waals surface area contributed by atoms with Gasteiger partial charge in [-0.3, -0.25) is 4.90 Å². The minimum Gasteiger partial charge on any atom is -0.488 e. The smallest absolute Gasteiger partial charge is 0.194 e. The maximum Gasteiger partial charge on any atom is 0.194 e. The van der Waals surface area contributed by atoms with Gasteiger partial charge in [0, 0.05) is 50.9 Å². The fourth-order valence-electron chi connectivity index (χ4n) is 3.32. The second-order valence-electron chi connectivity index (χ2n) is 8.25. The first-order valence-corrected chi connectivity index (χ1v) is 10.4. The van der Waals surface area contributed by atoms with Crippen molar-refractivity contribution in [2.45, 2.75) is 46.4 Å². The molecule has 0 amide bonds. The third-order valence-electron chi connectivity index (χ3n) is 4.67. The predicted molar refractivity (Wildman–Crippen MR) is 130 cm³/mol. The van der Waals surface area contributed by atoms with E-state index in [4.69, 9.17) is 14.3 Å². The molecule has 1 N–H and O–H groups in total. The van der Waals surface area contributed by atoms with Gasteiger partial charge >= 0.3 is 0 Å². The van der Waals surface area contributed by atoms with Gasteiger partial charge in [0.25, 0.3) is 0 Å². The number of aliphatic imine (C=N–C) groups is 1. The molecule has 1 fully saturated rings. The highest BCUT2D eigenvalue weighted by Crippen LogP contribution is 2.23. The zero-order valence-electron chi connectivity index (χ0n) is 18.4. The van der Waals surface area contributed by atoms with E-state index in [9.17, 15) is 0 Å². The zero-order chi connectivity index (χ0) is 20.7. The summed E-state index contributed by atoms with van der Waals surface area (Å²) in [5.74, 6) is 1.86. The van der Waals surface area contributed by atoms with Gasteiger partial charge in [-0.25, -0.2) is 4.99 Å². The molecule has 2 aromatic rings. The van der Waals surface area contributed by atoms with Crippen LogP contribution in [0.4, 0.5) is 0 Å². The summed E-state index contributed by atoms with van der Waals surface area (Å²) in [5, 5.41) is 7.45. The van der Waals surface area contributed by atoms with E-state index in [2.05, 4.69) is 54.0 Å². The van der Waals surface area contributed by atoms with E-state index in [0.29, 0.717) is 6.54 Å². The average Bonchev–Trinajstić information content (AvgIpc) is 3.19. The van der Waals surface area contributed by atoms with Gasteiger partial charge in [0.05, 0.1) is 12.2 Å². The summed E-state index contributed by atoms with van der Waals surface area (Å²) in [5.41, 5.74) is 1.85. The minimum absolute atomic E-state index is 0. The molecule has 1 saturated heterocycles. The Labute approximate surface area is 196 Å². The molecule has 0 atom stereocenters. The van der Waals surface area contributed by atoms with Crippen LogP contribution < -0.4 is 10.1 Å². The first kappa shape index (κ1) is 24.5. The molecule has 0 aliphatic carbocycles. The number of ether oxygens (including phenoxy) is 1. The number of rotatable bonds is 6. The Balaban J connectivity index is 0.00000320. The predicted octanol–water partition coefficient (Wildman–Crippen LogP) is 3.75. The number of hydrogen-bond acceptors (Lipinski definition) is 5. The van der Waals surface area contributed by atoms with Crippen molar-refractivity contribution in [2.24, 2.45) is 4.99 Å². The second-order valence-corrected chi connectivity index (χ2v) is 8.25. The summed E-state index contributed by atoms with van der Waals surface area (Å²) < 4.78 is 11.0. The van der Waals surface area contributed by atoms with Crippen LogP contribution in [-0.2, 0) is 13.1 Å². The molecule has 30 heavy (non-hydrogen) atoms. The second kappa shape index (κ2) is 11.5. The number of nitrogens with zero attached hydrogens (tertiary/aromatic N) is 4. The maximum absolute atomic E-state index is 6.11. The molecular weight excluding hydrogens is 493 g/mol. The molecule has 3 rings (SSSR count). The van der Waals surface area contributed by atoms with Crippen LogP contribution in [0.15, 0.2) is 46.1 Å². The number of aromatic nitrogens is 1. The fourth-order valence-corrected chi connectivity index (χ4v) is 3.32. The number of benzene rings is 1. The average molecular weight is 527 g/mol. The highest BCUT2D eigenvalue weighted by molar-refractivity contribution is 14.0. The summed E-state index contributed by atoms with van der Waals surface area (Å²) in [6.45, 7) is 14.4. The first-order chi connectivity index (χ1) is 13.9. The van der Waals surface area contributed by atoms with Crippen LogP contribution in [0.5, 0.6) is 5.75 Å². The van der Waals surface area contributed by atoms with E-state index in [1.54, 1.807) is 6.26 Å². The van der Waals surface area contributed by atoms with Crippen molar-refractivity contribution in [1.29, 1.82) is 0 Å². The number of piperazine rings is 1. The molecule has 8 heteroatoms. The lowest BCUT2D eigenvalue weighted by Gasteiger charge is -2.36. The summed E-state index contributed by atoms with van der Waals surface area (Å²) in [6, 6.07) is 10.1. The van der Waals surface area contributed by atoms with Crippen LogP contribution in [0, 0.1) is 0 Å². The van der Waals surface area contributed by atoms with Gasteiger partial charge in [0.15, 0.2) is 5.96 Å². The molecule has 1 aromatic heterocycles. The molecule has 0 spiro atoms. The third kappa shape index (κ3) is 7.46. The Morgan fingerprint density at radius 2 is 1.90 bits per heavy atom. The van der Waals surface area contributed by atoms with Gasteiger partial charge in [-0.05, 0) is 33.8 Å². The monoisotopic (exact) mass is 527 g/mol. The van der Waals surface area contributed by atoms with Crippen LogP contribution in [0.3, 0.4) is 0 Å². The Morgan fingerprint density at radius 1 is 1.17 bits per heavy atom. The van der Waals surface area contributed by atoms with Gasteiger partial charge < -0.3 is 19.5 Å². The van der Waals surface area contributed by atoms with Crippen molar-refractivity contribution < 1.29 is 9.26 Å². The summed E-state index contributed by atoms with van der Waals surface area (Å²) in [7, 11) is 0. The molecule has 2 heterocycles. The van der Waals surface area contributed by atoms with E-state index in [0.717, 1.165) is 62.2 Å². The largest absolute Gasteiger partial charge is 0.488 e. The molecule has 0 bridgehead atoms.